The number of aliphatic hydroxyl groups excluding tert-OH is 1. The molecule has 1 atom stereocenters. The van der Waals surface area contributed by atoms with Gasteiger partial charge in [-0.3, -0.25) is 0 Å². The highest BCUT2D eigenvalue weighted by Crippen LogP contribution is 2.34. The number of halogens is 3. The molecule has 32 heavy (non-hydrogen) atoms. The largest absolute Gasteiger partial charge is 0.423 e. The van der Waals surface area contributed by atoms with Gasteiger partial charge in [0.1, 0.15) is 5.58 Å². The smallest absolute Gasteiger partial charge is 0.417 e. The second-order valence-corrected chi connectivity index (χ2v) is 9.73. The minimum absolute atomic E-state index is 0.0544. The zero-order valence-corrected chi connectivity index (χ0v) is 17.6. The third-order valence-electron chi connectivity index (χ3n) is 5.44. The lowest BCUT2D eigenvalue weighted by atomic mass is 10.0. The van der Waals surface area contributed by atoms with E-state index in [4.69, 9.17) is 4.42 Å². The van der Waals surface area contributed by atoms with Gasteiger partial charge in [-0.15, -0.1) is 0 Å². The Morgan fingerprint density at radius 3 is 2.41 bits per heavy atom. The van der Waals surface area contributed by atoms with E-state index in [1.165, 1.54) is 28.6 Å². The van der Waals surface area contributed by atoms with Crippen LogP contribution < -0.4 is 5.63 Å². The van der Waals surface area contributed by atoms with E-state index in [1.54, 1.807) is 18.2 Å². The van der Waals surface area contributed by atoms with Crippen LogP contribution in [0, 0.1) is 0 Å². The summed E-state index contributed by atoms with van der Waals surface area (Å²) in [5.41, 5.74) is -1.04. The molecule has 0 saturated carbocycles. The van der Waals surface area contributed by atoms with Crippen molar-refractivity contribution < 1.29 is 31.1 Å². The lowest BCUT2D eigenvalue weighted by molar-refractivity contribution is -0.136. The summed E-state index contributed by atoms with van der Waals surface area (Å²) in [7, 11) is -3.73. The molecule has 0 bridgehead atoms. The normalized spacial score (nSPS) is 18.2. The standard InChI is InChI=1S/C22H20F3NO5S/c23-22(24,25)19-12-21(28)31-20-8-5-15(11-18(19)20)10-14-3-6-17(7-4-14)32(29,30)26-9-1-2-16(27)13-26/h3-8,11-12,16,27H,1-2,9-10,13H2. The maximum Gasteiger partial charge on any atom is 0.417 e. The molecule has 170 valence electrons. The summed E-state index contributed by atoms with van der Waals surface area (Å²) < 4.78 is 71.7. The van der Waals surface area contributed by atoms with E-state index >= 15 is 0 Å². The summed E-state index contributed by atoms with van der Waals surface area (Å²) >= 11 is 0. The predicted molar refractivity (Wildman–Crippen MR) is 111 cm³/mol. The Kier molecular flexibility index (Phi) is 5.87. The van der Waals surface area contributed by atoms with Crippen LogP contribution in [-0.2, 0) is 22.6 Å². The number of alkyl halides is 3. The molecule has 1 N–H and O–H groups in total. The van der Waals surface area contributed by atoms with E-state index in [-0.39, 0.29) is 28.8 Å². The van der Waals surface area contributed by atoms with Crippen molar-refractivity contribution in [1.82, 2.24) is 4.31 Å². The summed E-state index contributed by atoms with van der Waals surface area (Å²) in [6.07, 6.45) is -3.98. The first-order chi connectivity index (χ1) is 15.0. The number of hydrogen-bond donors (Lipinski definition) is 1. The highest BCUT2D eigenvalue weighted by Gasteiger charge is 2.34. The molecule has 1 aromatic heterocycles. The minimum Gasteiger partial charge on any atom is -0.423 e. The van der Waals surface area contributed by atoms with Crippen LogP contribution in [0.2, 0.25) is 0 Å². The van der Waals surface area contributed by atoms with E-state index < -0.39 is 33.5 Å². The molecule has 2 heterocycles. The molecule has 10 heteroatoms. The topological polar surface area (TPSA) is 87.8 Å². The van der Waals surface area contributed by atoms with Crippen molar-refractivity contribution in [3.8, 4) is 0 Å². The lowest BCUT2D eigenvalue weighted by Gasteiger charge is -2.29. The highest BCUT2D eigenvalue weighted by atomic mass is 32.2. The average Bonchev–Trinajstić information content (AvgIpc) is 2.73. The molecule has 0 spiro atoms. The molecular weight excluding hydrogens is 447 g/mol. The van der Waals surface area contributed by atoms with Gasteiger partial charge in [-0.2, -0.15) is 17.5 Å². The third-order valence-corrected chi connectivity index (χ3v) is 7.32. The number of hydrogen-bond acceptors (Lipinski definition) is 5. The number of benzene rings is 2. The van der Waals surface area contributed by atoms with Gasteiger partial charge in [-0.05, 0) is 54.7 Å². The van der Waals surface area contributed by atoms with Gasteiger partial charge in [-0.1, -0.05) is 18.2 Å². The van der Waals surface area contributed by atoms with Crippen LogP contribution in [0.3, 0.4) is 0 Å². The first-order valence-electron chi connectivity index (χ1n) is 9.95. The van der Waals surface area contributed by atoms with Crippen molar-refractivity contribution in [3.05, 3.63) is 75.6 Å². The Hall–Kier alpha value is -2.69. The van der Waals surface area contributed by atoms with E-state index in [9.17, 15) is 31.5 Å². The van der Waals surface area contributed by atoms with Crippen molar-refractivity contribution in [3.63, 3.8) is 0 Å². The molecule has 0 aliphatic carbocycles. The van der Waals surface area contributed by atoms with Crippen LogP contribution in [0.25, 0.3) is 11.0 Å². The first kappa shape index (κ1) is 22.5. The van der Waals surface area contributed by atoms with Gasteiger partial charge in [0.2, 0.25) is 10.0 Å². The highest BCUT2D eigenvalue weighted by molar-refractivity contribution is 7.89. The van der Waals surface area contributed by atoms with E-state index in [2.05, 4.69) is 0 Å². The Bertz CT molecular complexity index is 1300. The zero-order valence-electron chi connectivity index (χ0n) is 16.8. The second kappa shape index (κ2) is 8.34. The number of β-amino-alcohol motifs (C(OH)–C–C–N with tert-alkyl or cyclic N) is 1. The van der Waals surface area contributed by atoms with Gasteiger partial charge in [0.25, 0.3) is 0 Å². The number of nitrogens with zero attached hydrogens (tertiary/aromatic N) is 1. The molecule has 2 aromatic carbocycles. The van der Waals surface area contributed by atoms with Gasteiger partial charge in [0.05, 0.1) is 16.6 Å². The van der Waals surface area contributed by atoms with Gasteiger partial charge >= 0.3 is 11.8 Å². The molecule has 0 amide bonds. The zero-order chi connectivity index (χ0) is 23.1. The van der Waals surface area contributed by atoms with Crippen LogP contribution in [0.1, 0.15) is 29.5 Å². The summed E-state index contributed by atoms with van der Waals surface area (Å²) in [5, 5.41) is 9.55. The van der Waals surface area contributed by atoms with Crippen LogP contribution in [0.5, 0.6) is 0 Å². The molecular formula is C22H20F3NO5S. The molecule has 6 nitrogen and oxygen atoms in total. The van der Waals surface area contributed by atoms with Gasteiger partial charge in [0, 0.05) is 24.5 Å². The summed E-state index contributed by atoms with van der Waals surface area (Å²) in [4.78, 5) is 11.5. The van der Waals surface area contributed by atoms with Crippen LogP contribution in [0.15, 0.2) is 62.6 Å². The fourth-order valence-electron chi connectivity index (χ4n) is 3.86. The van der Waals surface area contributed by atoms with Crippen LogP contribution in [0.4, 0.5) is 13.2 Å². The number of fused-ring (bicyclic) bond motifs is 1. The molecule has 1 unspecified atom stereocenters. The molecule has 4 rings (SSSR count). The Labute approximate surface area is 181 Å². The maximum absolute atomic E-state index is 13.3. The maximum atomic E-state index is 13.3. The van der Waals surface area contributed by atoms with Crippen molar-refractivity contribution >= 4 is 21.0 Å². The minimum atomic E-state index is -4.70. The van der Waals surface area contributed by atoms with E-state index in [0.29, 0.717) is 36.6 Å². The quantitative estimate of drug-likeness (QED) is 0.593. The van der Waals surface area contributed by atoms with E-state index in [1.807, 2.05) is 0 Å². The monoisotopic (exact) mass is 467 g/mol. The van der Waals surface area contributed by atoms with Gasteiger partial charge < -0.3 is 9.52 Å². The molecule has 1 fully saturated rings. The number of sulfonamides is 1. The average molecular weight is 467 g/mol. The fourth-order valence-corrected chi connectivity index (χ4v) is 5.37. The summed E-state index contributed by atoms with van der Waals surface area (Å²) in [6.45, 7) is 0.398. The van der Waals surface area contributed by atoms with Crippen LogP contribution >= 0.6 is 0 Å². The molecule has 1 aliphatic rings. The molecule has 3 aromatic rings. The second-order valence-electron chi connectivity index (χ2n) is 7.79. The summed E-state index contributed by atoms with van der Waals surface area (Å²) in [6, 6.07) is 10.7. The van der Waals surface area contributed by atoms with Crippen molar-refractivity contribution in [2.24, 2.45) is 0 Å². The van der Waals surface area contributed by atoms with Gasteiger partial charge in [0.15, 0.2) is 0 Å². The van der Waals surface area contributed by atoms with Crippen molar-refractivity contribution in [2.75, 3.05) is 13.1 Å². The Morgan fingerprint density at radius 2 is 1.75 bits per heavy atom. The van der Waals surface area contributed by atoms with Crippen LogP contribution in [-0.4, -0.2) is 37.0 Å². The third kappa shape index (κ3) is 4.57. The molecule has 1 saturated heterocycles. The van der Waals surface area contributed by atoms with E-state index in [0.717, 1.165) is 0 Å². The van der Waals surface area contributed by atoms with Gasteiger partial charge in [-0.25, -0.2) is 13.2 Å². The lowest BCUT2D eigenvalue weighted by Crippen LogP contribution is -2.42. The molecule has 0 radical (unpaired) electrons. The first-order valence-corrected chi connectivity index (χ1v) is 11.4. The fraction of sp³-hybridized carbons (Fsp3) is 0.318. The SMILES string of the molecule is O=c1cc(C(F)(F)F)c2cc(Cc3ccc(S(=O)(=O)N4CCCC(O)C4)cc3)ccc2o1. The number of piperidine rings is 1. The predicted octanol–water partition coefficient (Wildman–Crippen LogP) is 3.55. The van der Waals surface area contributed by atoms with Crippen molar-refractivity contribution in [2.45, 2.75) is 36.4 Å². The Morgan fingerprint density at radius 1 is 1.06 bits per heavy atom. The van der Waals surface area contributed by atoms with Crippen molar-refractivity contribution in [1.29, 1.82) is 0 Å². The molecule has 1 aliphatic heterocycles. The summed E-state index contributed by atoms with van der Waals surface area (Å²) in [5.74, 6) is 0. The Balaban J connectivity index is 1.60. The number of aliphatic hydroxyl groups is 1. The number of rotatable bonds is 4.